The molecule has 0 aliphatic heterocycles. The first-order valence-corrected chi connectivity index (χ1v) is 18.6. The number of benzene rings is 2. The fourth-order valence-corrected chi connectivity index (χ4v) is 6.30. The summed E-state index contributed by atoms with van der Waals surface area (Å²) >= 11 is 8.24. The largest absolute Gasteiger partial charge is 0.573 e. The van der Waals surface area contributed by atoms with Crippen LogP contribution in [0.25, 0.3) is 16.6 Å². The third kappa shape index (κ3) is 9.35. The summed E-state index contributed by atoms with van der Waals surface area (Å²) in [5.74, 6) is -0.347. The molecule has 0 aliphatic carbocycles. The van der Waals surface area contributed by atoms with Gasteiger partial charge in [-0.3, -0.25) is 9.36 Å². The number of amides is 2. The minimum Gasteiger partial charge on any atom is -0.445 e. The second-order valence-corrected chi connectivity index (χ2v) is 13.8. The number of carbonyl (C=O) groups excluding carboxylic acids is 2. The number of fused-ring (bicyclic) bond motifs is 1. The normalized spacial score (nSPS) is 12.2. The van der Waals surface area contributed by atoms with E-state index in [1.165, 1.54) is 23.2 Å². The van der Waals surface area contributed by atoms with Gasteiger partial charge in [-0.25, -0.2) is 14.2 Å². The van der Waals surface area contributed by atoms with Crippen molar-refractivity contribution in [2.45, 2.75) is 52.1 Å². The van der Waals surface area contributed by atoms with E-state index in [2.05, 4.69) is 52.4 Å². The van der Waals surface area contributed by atoms with E-state index in [4.69, 9.17) is 20.8 Å². The number of alkyl halides is 3. The van der Waals surface area contributed by atoms with Crippen LogP contribution in [0.15, 0.2) is 59.8 Å². The maximum absolute atomic E-state index is 13.1. The van der Waals surface area contributed by atoms with Gasteiger partial charge in [0.2, 0.25) is 5.91 Å². The van der Waals surface area contributed by atoms with Gasteiger partial charge in [0.25, 0.3) is 0 Å². The van der Waals surface area contributed by atoms with E-state index < -0.39 is 23.8 Å². The minimum atomic E-state index is -4.90. The Morgan fingerprint density at radius 2 is 1.88 bits per heavy atom. The summed E-state index contributed by atoms with van der Waals surface area (Å²) in [5.41, 5.74) is 1.75. The van der Waals surface area contributed by atoms with Gasteiger partial charge in [0.1, 0.15) is 29.8 Å². The Morgan fingerprint density at radius 3 is 2.54 bits per heavy atom. The Balaban J connectivity index is 1.26. The van der Waals surface area contributed by atoms with Crippen molar-refractivity contribution in [1.82, 2.24) is 34.2 Å². The third-order valence-corrected chi connectivity index (χ3v) is 8.71. The summed E-state index contributed by atoms with van der Waals surface area (Å²) in [5, 5.41) is 15.6. The van der Waals surface area contributed by atoms with Crippen molar-refractivity contribution >= 4 is 68.6 Å². The number of aromatic nitrogens is 6. The van der Waals surface area contributed by atoms with Gasteiger partial charge in [0, 0.05) is 24.9 Å². The van der Waals surface area contributed by atoms with Crippen LogP contribution in [0.5, 0.6) is 5.75 Å². The van der Waals surface area contributed by atoms with Crippen LogP contribution in [0.3, 0.4) is 0 Å². The van der Waals surface area contributed by atoms with E-state index in [1.54, 1.807) is 50.3 Å². The Labute approximate surface area is 291 Å². The molecular formula is C29H28ClF3IN8O5P. The third-order valence-electron chi connectivity index (χ3n) is 6.52. The number of halogens is 5. The number of anilines is 1. The first kappa shape index (κ1) is 35.3. The van der Waals surface area contributed by atoms with E-state index >= 15 is 0 Å². The summed E-state index contributed by atoms with van der Waals surface area (Å²) in [6.45, 7) is 5.17. The molecule has 0 saturated heterocycles. The quantitative estimate of drug-likeness (QED) is 0.109. The summed E-state index contributed by atoms with van der Waals surface area (Å²) < 4.78 is 56.8. The lowest BCUT2D eigenvalue weighted by molar-refractivity contribution is -0.274. The second-order valence-electron chi connectivity index (χ2n) is 11.3. The highest BCUT2D eigenvalue weighted by molar-refractivity contribution is 14.2. The first-order chi connectivity index (χ1) is 22.7. The minimum absolute atomic E-state index is 0.0335. The molecule has 2 aromatic carbocycles. The van der Waals surface area contributed by atoms with Crippen molar-refractivity contribution in [2.24, 2.45) is 0 Å². The molecule has 254 valence electrons. The van der Waals surface area contributed by atoms with Crippen LogP contribution < -0.4 is 10.1 Å². The molecule has 13 nitrogen and oxygen atoms in total. The molecule has 2 amide bonds. The first-order valence-electron chi connectivity index (χ1n) is 14.2. The molecule has 0 bridgehead atoms. The van der Waals surface area contributed by atoms with Crippen LogP contribution in [0.1, 0.15) is 38.0 Å². The molecule has 3 heterocycles. The Kier molecular flexibility index (Phi) is 10.8. The number of nitrogens with one attached hydrogen (secondary N) is 1. The number of carbonyl (C=O) groups is 2. The van der Waals surface area contributed by atoms with Crippen molar-refractivity contribution in [3.63, 3.8) is 0 Å². The fourth-order valence-electron chi connectivity index (χ4n) is 4.53. The van der Waals surface area contributed by atoms with Crippen LogP contribution in [0.2, 0.25) is 5.02 Å². The van der Waals surface area contributed by atoms with E-state index in [-0.39, 0.29) is 42.8 Å². The fraction of sp³-hybridized carbons (Fsp3) is 0.310. The molecule has 0 aliphatic rings. The van der Waals surface area contributed by atoms with Crippen LogP contribution in [0, 0.1) is 0 Å². The van der Waals surface area contributed by atoms with Crippen molar-refractivity contribution in [3.05, 3.63) is 77.6 Å². The van der Waals surface area contributed by atoms with Gasteiger partial charge in [-0.2, -0.15) is 5.10 Å². The van der Waals surface area contributed by atoms with E-state index in [0.29, 0.717) is 23.4 Å². The number of nitrogens with zero attached hydrogens (tertiary/aromatic N) is 7. The summed E-state index contributed by atoms with van der Waals surface area (Å²) in [7, 11) is 0. The van der Waals surface area contributed by atoms with E-state index in [1.807, 2.05) is 10.5 Å². The lowest BCUT2D eigenvalue weighted by Gasteiger charge is -2.27. The van der Waals surface area contributed by atoms with Gasteiger partial charge in [-0.1, -0.05) is 17.7 Å². The highest BCUT2D eigenvalue weighted by atomic mass is 127. The predicted molar refractivity (Wildman–Crippen MR) is 180 cm³/mol. The number of oxazole rings is 1. The van der Waals surface area contributed by atoms with Crippen molar-refractivity contribution in [1.29, 1.82) is 0 Å². The zero-order valence-corrected chi connectivity index (χ0v) is 29.5. The topological polar surface area (TPSA) is 142 Å². The average Bonchev–Trinajstić information content (AvgIpc) is 3.76. The van der Waals surface area contributed by atoms with Gasteiger partial charge >= 0.3 is 12.5 Å². The molecule has 0 spiro atoms. The van der Waals surface area contributed by atoms with Gasteiger partial charge in [-0.15, -0.1) is 23.4 Å². The van der Waals surface area contributed by atoms with Crippen LogP contribution in [-0.4, -0.2) is 64.7 Å². The zero-order valence-electron chi connectivity index (χ0n) is 25.6. The van der Waals surface area contributed by atoms with Gasteiger partial charge in [0.05, 0.1) is 47.1 Å². The highest BCUT2D eigenvalue weighted by Gasteiger charge is 2.32. The highest BCUT2D eigenvalue weighted by Crippen LogP contribution is 2.34. The lowest BCUT2D eigenvalue weighted by atomic mass is 10.2. The molecule has 0 fully saturated rings. The predicted octanol–water partition coefficient (Wildman–Crippen LogP) is 7.11. The molecule has 0 saturated carbocycles. The number of hydrogen-bond acceptors (Lipinski definition) is 9. The molecule has 1 N–H and O–H groups in total. The molecule has 5 rings (SSSR count). The molecule has 19 heteroatoms. The second kappa shape index (κ2) is 14.7. The van der Waals surface area contributed by atoms with E-state index in [0.717, 1.165) is 22.7 Å². The summed E-state index contributed by atoms with van der Waals surface area (Å²) in [6, 6.07) is 7.46. The molecule has 48 heavy (non-hydrogen) atoms. The molecule has 1 unspecified atom stereocenters. The molecular weight excluding hydrogens is 791 g/mol. The summed E-state index contributed by atoms with van der Waals surface area (Å²) in [6.07, 6.45) is 1.05. The Morgan fingerprint density at radius 1 is 1.12 bits per heavy atom. The van der Waals surface area contributed by atoms with Crippen LogP contribution in [-0.2, 0) is 28.9 Å². The standard InChI is InChI=1S/C29H28ClF3IN8O5P/c1-28(2,3)47-27(44)40(14-17-4-5-24(21(30)8-17)46-29(31,32)33)7-6-26-35-12-19(45-26)11-25(43)39-22-9-18(41-15-36-37-16-41)10-23-20(22)13-38-42(23)48-34/h4-5,8-10,12-13,15-16,48H,6-7,11,14H2,1-3H3,(H,39,43). The Bertz CT molecular complexity index is 1910. The van der Waals surface area contributed by atoms with Gasteiger partial charge in [0.15, 0.2) is 5.89 Å². The van der Waals surface area contributed by atoms with Crippen LogP contribution >= 0.6 is 40.0 Å². The summed E-state index contributed by atoms with van der Waals surface area (Å²) in [4.78, 5) is 31.8. The molecule has 0 radical (unpaired) electrons. The van der Waals surface area contributed by atoms with Crippen molar-refractivity contribution in [3.8, 4) is 11.4 Å². The maximum Gasteiger partial charge on any atom is 0.573 e. The SMILES string of the molecule is CC(C)(C)OC(=O)N(CCc1ncc(CC(=O)Nc2cc(-n3cnnc3)cc3c2cnn3PI)o1)Cc1ccc(OC(F)(F)F)c(Cl)c1. The molecule has 3 aromatic heterocycles. The van der Waals surface area contributed by atoms with E-state index in [9.17, 15) is 22.8 Å². The number of hydrogen-bond donors (Lipinski definition) is 1. The molecule has 5 aromatic rings. The van der Waals surface area contributed by atoms with Crippen molar-refractivity contribution in [2.75, 3.05) is 11.9 Å². The van der Waals surface area contributed by atoms with Crippen molar-refractivity contribution < 1.29 is 36.7 Å². The average molecular weight is 819 g/mol. The van der Waals surface area contributed by atoms with Crippen LogP contribution in [0.4, 0.5) is 23.7 Å². The number of ether oxygens (including phenoxy) is 2. The number of rotatable bonds is 11. The molecule has 1 atom stereocenters. The van der Waals surface area contributed by atoms with Gasteiger partial charge < -0.3 is 24.1 Å². The smallest absolute Gasteiger partial charge is 0.445 e. The lowest BCUT2D eigenvalue weighted by Crippen LogP contribution is -2.37. The monoisotopic (exact) mass is 818 g/mol. The van der Waals surface area contributed by atoms with Gasteiger partial charge in [-0.05, 0) is 72.6 Å². The maximum atomic E-state index is 13.1. The Hall–Kier alpha value is -3.96. The zero-order chi connectivity index (χ0) is 34.6.